The number of rotatable bonds is 8. The molecule has 0 bridgehead atoms. The number of benzene rings is 1. The number of anilines is 1. The zero-order valence-corrected chi connectivity index (χ0v) is 19.0. The van der Waals surface area contributed by atoms with Crippen molar-refractivity contribution in [2.45, 2.75) is 61.7 Å². The Labute approximate surface area is 189 Å². The predicted molar refractivity (Wildman–Crippen MR) is 119 cm³/mol. The minimum absolute atomic E-state index is 0.0306. The summed E-state index contributed by atoms with van der Waals surface area (Å²) in [5.74, 6) is -1.74. The molecule has 0 saturated heterocycles. The van der Waals surface area contributed by atoms with Crippen molar-refractivity contribution in [3.63, 3.8) is 0 Å². The SMILES string of the molecule is Cc1nc(NC(=O)C(=NOC2CCCC2)c2ccc(S(=O)(=O)C3CC3)cc2)sc1C(=O)O. The van der Waals surface area contributed by atoms with Gasteiger partial charge in [0.1, 0.15) is 11.0 Å². The molecule has 1 aromatic carbocycles. The van der Waals surface area contributed by atoms with Crippen molar-refractivity contribution in [3.05, 3.63) is 40.4 Å². The maximum Gasteiger partial charge on any atom is 0.347 e. The van der Waals surface area contributed by atoms with Gasteiger partial charge in [0.2, 0.25) is 0 Å². The van der Waals surface area contributed by atoms with Crippen LogP contribution in [0.1, 0.15) is 59.5 Å². The molecule has 2 fully saturated rings. The molecule has 1 heterocycles. The Morgan fingerprint density at radius 1 is 1.16 bits per heavy atom. The summed E-state index contributed by atoms with van der Waals surface area (Å²) in [5.41, 5.74) is 0.659. The standard InChI is InChI=1S/C21H23N3O6S2/c1-12-18(20(26)27)31-21(22-12)23-19(25)17(24-30-14-4-2-3-5-14)13-6-8-15(9-7-13)32(28,29)16-10-11-16/h6-9,14,16H,2-5,10-11H2,1H3,(H,26,27)(H,22,23,25). The molecule has 1 amide bonds. The monoisotopic (exact) mass is 477 g/mol. The Balaban J connectivity index is 1.59. The van der Waals surface area contributed by atoms with Crippen LogP contribution in [0.5, 0.6) is 0 Å². The molecule has 2 aliphatic rings. The van der Waals surface area contributed by atoms with Gasteiger partial charge in [-0.3, -0.25) is 10.1 Å². The molecule has 2 saturated carbocycles. The number of carbonyl (C=O) groups excluding carboxylic acids is 1. The van der Waals surface area contributed by atoms with Gasteiger partial charge in [-0.15, -0.1) is 0 Å². The van der Waals surface area contributed by atoms with Gasteiger partial charge in [-0.1, -0.05) is 28.6 Å². The number of aromatic carboxylic acids is 1. The van der Waals surface area contributed by atoms with Gasteiger partial charge in [0.15, 0.2) is 20.7 Å². The van der Waals surface area contributed by atoms with E-state index in [9.17, 15) is 23.1 Å². The minimum Gasteiger partial charge on any atom is -0.477 e. The molecule has 2 aromatic rings. The van der Waals surface area contributed by atoms with Crippen molar-refractivity contribution in [2.75, 3.05) is 5.32 Å². The highest BCUT2D eigenvalue weighted by Crippen LogP contribution is 2.33. The molecule has 170 valence electrons. The number of thiazole rings is 1. The van der Waals surface area contributed by atoms with Crippen molar-refractivity contribution in [3.8, 4) is 0 Å². The van der Waals surface area contributed by atoms with Gasteiger partial charge >= 0.3 is 5.97 Å². The van der Waals surface area contributed by atoms with Crippen LogP contribution in [0.25, 0.3) is 0 Å². The molecule has 4 rings (SSSR count). The molecular formula is C21H23N3O6S2. The molecule has 0 radical (unpaired) electrons. The summed E-state index contributed by atoms with van der Waals surface area (Å²) in [6.07, 6.45) is 5.03. The second kappa shape index (κ2) is 8.99. The molecule has 1 aromatic heterocycles. The first-order valence-electron chi connectivity index (χ1n) is 10.4. The number of nitrogens with zero attached hydrogens (tertiary/aromatic N) is 2. The van der Waals surface area contributed by atoms with Crippen LogP contribution in [0.4, 0.5) is 5.13 Å². The van der Waals surface area contributed by atoms with Crippen molar-refractivity contribution >= 4 is 43.9 Å². The Bertz CT molecular complexity index is 1160. The highest BCUT2D eigenvalue weighted by Gasteiger charge is 2.36. The summed E-state index contributed by atoms with van der Waals surface area (Å²) in [4.78, 5) is 34.2. The summed E-state index contributed by atoms with van der Waals surface area (Å²) in [6, 6.07) is 6.00. The van der Waals surface area contributed by atoms with Gasteiger partial charge in [-0.25, -0.2) is 18.2 Å². The highest BCUT2D eigenvalue weighted by molar-refractivity contribution is 7.92. The molecule has 0 aliphatic heterocycles. The molecule has 0 unspecified atom stereocenters. The Morgan fingerprint density at radius 2 is 1.81 bits per heavy atom. The van der Waals surface area contributed by atoms with E-state index < -0.39 is 21.7 Å². The first-order chi connectivity index (χ1) is 15.3. The normalized spacial score (nSPS) is 17.3. The van der Waals surface area contributed by atoms with E-state index in [1.165, 1.54) is 24.3 Å². The third-order valence-electron chi connectivity index (χ3n) is 5.44. The van der Waals surface area contributed by atoms with Gasteiger partial charge in [0.05, 0.1) is 15.8 Å². The van der Waals surface area contributed by atoms with E-state index in [0.29, 0.717) is 24.1 Å². The first kappa shape index (κ1) is 22.4. The number of carboxylic acids is 1. The highest BCUT2D eigenvalue weighted by atomic mass is 32.2. The van der Waals surface area contributed by atoms with Crippen LogP contribution in [0, 0.1) is 6.92 Å². The van der Waals surface area contributed by atoms with E-state index in [1.807, 2.05) is 0 Å². The lowest BCUT2D eigenvalue weighted by Gasteiger charge is -2.11. The molecule has 11 heteroatoms. The van der Waals surface area contributed by atoms with Gasteiger partial charge in [-0.2, -0.15) is 0 Å². The molecule has 2 aliphatic carbocycles. The van der Waals surface area contributed by atoms with E-state index in [-0.39, 0.29) is 32.0 Å². The maximum atomic E-state index is 13.0. The number of nitrogens with one attached hydrogen (secondary N) is 1. The van der Waals surface area contributed by atoms with Crippen molar-refractivity contribution in [1.29, 1.82) is 0 Å². The number of sulfone groups is 1. The van der Waals surface area contributed by atoms with Crippen LogP contribution in [-0.2, 0) is 19.5 Å². The largest absolute Gasteiger partial charge is 0.477 e. The molecule has 2 N–H and O–H groups in total. The van der Waals surface area contributed by atoms with Crippen LogP contribution in [-0.4, -0.2) is 47.5 Å². The lowest BCUT2D eigenvalue weighted by molar-refractivity contribution is -0.110. The van der Waals surface area contributed by atoms with E-state index in [1.54, 1.807) is 6.92 Å². The fourth-order valence-corrected chi connectivity index (χ4v) is 5.98. The van der Waals surface area contributed by atoms with E-state index in [4.69, 9.17) is 4.84 Å². The van der Waals surface area contributed by atoms with Crippen molar-refractivity contribution in [2.24, 2.45) is 5.16 Å². The van der Waals surface area contributed by atoms with Crippen LogP contribution < -0.4 is 5.32 Å². The second-order valence-electron chi connectivity index (χ2n) is 7.91. The summed E-state index contributed by atoms with van der Waals surface area (Å²) in [5, 5.41) is 15.7. The smallest absolute Gasteiger partial charge is 0.347 e. The van der Waals surface area contributed by atoms with Crippen molar-refractivity contribution in [1.82, 2.24) is 4.98 Å². The molecule has 32 heavy (non-hydrogen) atoms. The number of aromatic nitrogens is 1. The Morgan fingerprint density at radius 3 is 2.38 bits per heavy atom. The number of aryl methyl sites for hydroxylation is 1. The fraction of sp³-hybridized carbons (Fsp3) is 0.429. The number of carboxylic acid groups (broad SMARTS) is 1. The molecule has 9 nitrogen and oxygen atoms in total. The lowest BCUT2D eigenvalue weighted by atomic mass is 10.1. The number of amides is 1. The maximum absolute atomic E-state index is 13.0. The number of hydrogen-bond acceptors (Lipinski definition) is 8. The van der Waals surface area contributed by atoms with Gasteiger partial charge < -0.3 is 9.94 Å². The summed E-state index contributed by atoms with van der Waals surface area (Å²) in [6.45, 7) is 1.55. The Hall–Kier alpha value is -2.79. The second-order valence-corrected chi connectivity index (χ2v) is 11.1. The van der Waals surface area contributed by atoms with Crippen molar-refractivity contribution < 1.29 is 28.0 Å². The number of hydrogen-bond donors (Lipinski definition) is 2. The quantitative estimate of drug-likeness (QED) is 0.439. The third kappa shape index (κ3) is 4.83. The number of carbonyl (C=O) groups is 2. The van der Waals surface area contributed by atoms with E-state index in [0.717, 1.165) is 37.0 Å². The number of oxime groups is 1. The third-order valence-corrected chi connectivity index (χ3v) is 8.78. The zero-order valence-electron chi connectivity index (χ0n) is 17.4. The topological polar surface area (TPSA) is 135 Å². The van der Waals surface area contributed by atoms with E-state index >= 15 is 0 Å². The van der Waals surface area contributed by atoms with Crippen LogP contribution >= 0.6 is 11.3 Å². The average Bonchev–Trinajstić information content (AvgIpc) is 3.38. The summed E-state index contributed by atoms with van der Waals surface area (Å²) >= 11 is 0.850. The summed E-state index contributed by atoms with van der Waals surface area (Å²) < 4.78 is 24.9. The molecule has 0 spiro atoms. The van der Waals surface area contributed by atoms with Gasteiger partial charge in [0.25, 0.3) is 5.91 Å². The summed E-state index contributed by atoms with van der Waals surface area (Å²) in [7, 11) is -3.35. The Kier molecular flexibility index (Phi) is 6.29. The zero-order chi connectivity index (χ0) is 22.9. The minimum atomic E-state index is -3.35. The molecular weight excluding hydrogens is 454 g/mol. The van der Waals surface area contributed by atoms with Gasteiger partial charge in [0, 0.05) is 5.56 Å². The first-order valence-corrected chi connectivity index (χ1v) is 12.7. The average molecular weight is 478 g/mol. The van der Waals surface area contributed by atoms with Gasteiger partial charge in [-0.05, 0) is 57.6 Å². The van der Waals surface area contributed by atoms with Crippen LogP contribution in [0.3, 0.4) is 0 Å². The molecule has 0 atom stereocenters. The van der Waals surface area contributed by atoms with Crippen LogP contribution in [0.15, 0.2) is 34.3 Å². The van der Waals surface area contributed by atoms with Crippen LogP contribution in [0.2, 0.25) is 0 Å². The van der Waals surface area contributed by atoms with E-state index in [2.05, 4.69) is 15.5 Å². The predicted octanol–water partition coefficient (Wildman–Crippen LogP) is 3.39. The lowest BCUT2D eigenvalue weighted by Crippen LogP contribution is -2.25. The fourth-order valence-electron chi connectivity index (χ4n) is 3.52.